The number of benzene rings is 3. The topological polar surface area (TPSA) is 71.1 Å². The molecule has 0 unspecified atom stereocenters. The molecule has 160 valence electrons. The van der Waals surface area contributed by atoms with Crippen molar-refractivity contribution < 1.29 is 28.5 Å². The lowest BCUT2D eigenvalue weighted by Gasteiger charge is -2.08. The summed E-state index contributed by atoms with van der Waals surface area (Å²) in [6.07, 6.45) is 4.63. The van der Waals surface area contributed by atoms with Crippen molar-refractivity contribution in [3.63, 3.8) is 0 Å². The van der Waals surface area contributed by atoms with E-state index in [1.807, 2.05) is 30.3 Å². The molecule has 1 aliphatic rings. The number of fused-ring (bicyclic) bond motifs is 1. The number of allylic oxidation sites excluding steroid dienone is 1. The van der Waals surface area contributed by atoms with Crippen molar-refractivity contribution in [1.29, 1.82) is 0 Å². The van der Waals surface area contributed by atoms with Crippen LogP contribution < -0.4 is 18.9 Å². The maximum absolute atomic E-state index is 12.7. The van der Waals surface area contributed by atoms with Gasteiger partial charge in [0.2, 0.25) is 5.78 Å². The molecule has 0 N–H and O–H groups in total. The minimum Gasteiger partial charge on any atom is -0.493 e. The Morgan fingerprint density at radius 3 is 2.41 bits per heavy atom. The van der Waals surface area contributed by atoms with Crippen LogP contribution in [0.5, 0.6) is 23.0 Å². The predicted octanol–water partition coefficient (Wildman–Crippen LogP) is 4.94. The summed E-state index contributed by atoms with van der Waals surface area (Å²) in [5.74, 6) is 1.13. The van der Waals surface area contributed by atoms with Gasteiger partial charge >= 0.3 is 5.97 Å². The van der Waals surface area contributed by atoms with Gasteiger partial charge in [-0.2, -0.15) is 0 Å². The van der Waals surface area contributed by atoms with Gasteiger partial charge in [0.05, 0.1) is 19.8 Å². The second-order valence-electron chi connectivity index (χ2n) is 6.88. The highest BCUT2D eigenvalue weighted by atomic mass is 16.5. The van der Waals surface area contributed by atoms with Crippen LogP contribution in [0.3, 0.4) is 0 Å². The van der Waals surface area contributed by atoms with Crippen molar-refractivity contribution in [2.75, 3.05) is 14.2 Å². The fourth-order valence-corrected chi connectivity index (χ4v) is 3.20. The van der Waals surface area contributed by atoms with E-state index < -0.39 is 5.97 Å². The van der Waals surface area contributed by atoms with Gasteiger partial charge in [0.15, 0.2) is 17.3 Å². The first-order chi connectivity index (χ1) is 15.6. The van der Waals surface area contributed by atoms with Crippen LogP contribution in [0.25, 0.3) is 12.2 Å². The third-order valence-electron chi connectivity index (χ3n) is 4.78. The number of methoxy groups -OCH3 is 2. The highest BCUT2D eigenvalue weighted by Crippen LogP contribution is 2.36. The molecule has 0 spiro atoms. The van der Waals surface area contributed by atoms with Gasteiger partial charge < -0.3 is 18.9 Å². The largest absolute Gasteiger partial charge is 0.493 e. The first-order valence-corrected chi connectivity index (χ1v) is 9.82. The molecular weight excluding hydrogens is 408 g/mol. The fraction of sp³-hybridized carbons (Fsp3) is 0.0769. The van der Waals surface area contributed by atoms with Crippen LogP contribution in [0, 0.1) is 0 Å². The zero-order valence-electron chi connectivity index (χ0n) is 17.5. The van der Waals surface area contributed by atoms with Gasteiger partial charge in [-0.15, -0.1) is 0 Å². The van der Waals surface area contributed by atoms with Gasteiger partial charge in [0, 0.05) is 12.1 Å². The Kier molecular flexibility index (Phi) is 6.03. The number of carbonyl (C=O) groups excluding carboxylic acids is 2. The molecule has 0 atom stereocenters. The van der Waals surface area contributed by atoms with Gasteiger partial charge in [-0.25, -0.2) is 4.79 Å². The van der Waals surface area contributed by atoms with Gasteiger partial charge in [-0.1, -0.05) is 36.4 Å². The molecular formula is C26H20O6. The van der Waals surface area contributed by atoms with Crippen LogP contribution in [0.4, 0.5) is 0 Å². The summed E-state index contributed by atoms with van der Waals surface area (Å²) in [4.78, 5) is 24.8. The number of hydrogen-bond acceptors (Lipinski definition) is 6. The van der Waals surface area contributed by atoms with E-state index in [1.54, 1.807) is 56.7 Å². The lowest BCUT2D eigenvalue weighted by atomic mass is 10.1. The maximum Gasteiger partial charge on any atom is 0.336 e. The summed E-state index contributed by atoms with van der Waals surface area (Å²) in [6, 6.07) is 19.4. The first-order valence-electron chi connectivity index (χ1n) is 9.82. The van der Waals surface area contributed by atoms with E-state index in [2.05, 4.69) is 0 Å². The smallest absolute Gasteiger partial charge is 0.336 e. The quantitative estimate of drug-likeness (QED) is 0.315. The fourth-order valence-electron chi connectivity index (χ4n) is 3.20. The highest BCUT2D eigenvalue weighted by Gasteiger charge is 2.28. The van der Waals surface area contributed by atoms with E-state index in [1.165, 1.54) is 12.1 Å². The molecule has 32 heavy (non-hydrogen) atoms. The Hall–Kier alpha value is -4.32. The number of rotatable bonds is 6. The van der Waals surface area contributed by atoms with Crippen molar-refractivity contribution in [2.24, 2.45) is 0 Å². The molecule has 0 radical (unpaired) electrons. The summed E-state index contributed by atoms with van der Waals surface area (Å²) >= 11 is 0. The normalized spacial score (nSPS) is 13.7. The molecule has 6 nitrogen and oxygen atoms in total. The van der Waals surface area contributed by atoms with E-state index in [0.29, 0.717) is 22.8 Å². The molecule has 4 rings (SSSR count). The van der Waals surface area contributed by atoms with E-state index in [0.717, 1.165) is 11.1 Å². The first kappa shape index (κ1) is 20.9. The molecule has 0 aromatic heterocycles. The third kappa shape index (κ3) is 4.54. The van der Waals surface area contributed by atoms with Gasteiger partial charge in [0.1, 0.15) is 11.5 Å². The van der Waals surface area contributed by atoms with Crippen LogP contribution in [0.15, 0.2) is 78.6 Å². The Morgan fingerprint density at radius 1 is 0.875 bits per heavy atom. The van der Waals surface area contributed by atoms with Crippen molar-refractivity contribution >= 4 is 23.9 Å². The van der Waals surface area contributed by atoms with Crippen molar-refractivity contribution in [1.82, 2.24) is 0 Å². The van der Waals surface area contributed by atoms with E-state index in [-0.39, 0.29) is 17.3 Å². The van der Waals surface area contributed by atoms with Gasteiger partial charge in [-0.3, -0.25) is 4.79 Å². The molecule has 3 aromatic rings. The molecule has 0 fully saturated rings. The van der Waals surface area contributed by atoms with E-state index >= 15 is 0 Å². The average molecular weight is 428 g/mol. The summed E-state index contributed by atoms with van der Waals surface area (Å²) in [7, 11) is 3.10. The average Bonchev–Trinajstić information content (AvgIpc) is 3.12. The Balaban J connectivity index is 1.49. The van der Waals surface area contributed by atoms with Gasteiger partial charge in [-0.05, 0) is 47.5 Å². The molecule has 6 heteroatoms. The lowest BCUT2D eigenvalue weighted by molar-refractivity contribution is -0.128. The van der Waals surface area contributed by atoms with Crippen LogP contribution in [0.2, 0.25) is 0 Å². The lowest BCUT2D eigenvalue weighted by Crippen LogP contribution is -2.03. The summed E-state index contributed by atoms with van der Waals surface area (Å²) in [6.45, 7) is 0. The summed E-state index contributed by atoms with van der Waals surface area (Å²) in [5, 5.41) is 0. The molecule has 0 saturated carbocycles. The maximum atomic E-state index is 12.7. The van der Waals surface area contributed by atoms with Crippen LogP contribution >= 0.6 is 0 Å². The minimum atomic E-state index is -0.529. The molecule has 0 amide bonds. The Labute approximate surface area is 185 Å². The Morgan fingerprint density at radius 2 is 1.66 bits per heavy atom. The second kappa shape index (κ2) is 9.22. The predicted molar refractivity (Wildman–Crippen MR) is 120 cm³/mol. The summed E-state index contributed by atoms with van der Waals surface area (Å²) in [5.41, 5.74) is 2.00. The van der Waals surface area contributed by atoms with Crippen LogP contribution in [-0.2, 0) is 4.79 Å². The monoisotopic (exact) mass is 428 g/mol. The van der Waals surface area contributed by atoms with Crippen molar-refractivity contribution in [3.05, 3.63) is 95.3 Å². The van der Waals surface area contributed by atoms with Crippen LogP contribution in [0.1, 0.15) is 21.5 Å². The van der Waals surface area contributed by atoms with Crippen molar-refractivity contribution in [2.45, 2.75) is 0 Å². The second-order valence-corrected chi connectivity index (χ2v) is 6.88. The van der Waals surface area contributed by atoms with E-state index in [9.17, 15) is 9.59 Å². The SMILES string of the molecule is COc1ccc(C=C2Oc3cc(OC(=O)C=Cc4ccccc4)ccc3C2=O)cc1OC. The number of ketones is 1. The zero-order valence-corrected chi connectivity index (χ0v) is 17.5. The summed E-state index contributed by atoms with van der Waals surface area (Å²) < 4.78 is 21.6. The molecule has 1 heterocycles. The number of Topliss-reactive ketones (excluding diaryl/α,β-unsaturated/α-hetero) is 1. The third-order valence-corrected chi connectivity index (χ3v) is 4.78. The number of esters is 1. The molecule has 1 aliphatic heterocycles. The van der Waals surface area contributed by atoms with E-state index in [4.69, 9.17) is 18.9 Å². The van der Waals surface area contributed by atoms with Crippen molar-refractivity contribution in [3.8, 4) is 23.0 Å². The number of ether oxygens (including phenoxy) is 4. The molecule has 0 saturated heterocycles. The molecule has 0 aliphatic carbocycles. The highest BCUT2D eigenvalue weighted by molar-refractivity contribution is 6.14. The minimum absolute atomic E-state index is 0.166. The molecule has 3 aromatic carbocycles. The Bertz CT molecular complexity index is 1220. The zero-order chi connectivity index (χ0) is 22.5. The number of carbonyl (C=O) groups is 2. The molecule has 0 bridgehead atoms. The standard InChI is InChI=1S/C26H20O6/c1-29-21-12-8-18(14-23(21)30-2)15-24-26(28)20-11-10-19(16-22(20)32-24)31-25(27)13-9-17-6-4-3-5-7-17/h3-16H,1-2H3. The van der Waals surface area contributed by atoms with Crippen LogP contribution in [-0.4, -0.2) is 26.0 Å². The van der Waals surface area contributed by atoms with Gasteiger partial charge in [0.25, 0.3) is 0 Å². The number of hydrogen-bond donors (Lipinski definition) is 0.